The largest absolute Gasteiger partial charge is 0.450 e. The van der Waals surface area contributed by atoms with E-state index in [-0.39, 0.29) is 6.09 Å². The molecule has 0 radical (unpaired) electrons. The van der Waals surface area contributed by atoms with Gasteiger partial charge < -0.3 is 14.5 Å². The first-order valence-corrected chi connectivity index (χ1v) is 9.29. The Morgan fingerprint density at radius 3 is 2.72 bits per heavy atom. The van der Waals surface area contributed by atoms with E-state index in [9.17, 15) is 4.79 Å². The fourth-order valence-corrected chi connectivity index (χ4v) is 4.01. The van der Waals surface area contributed by atoms with Crippen molar-refractivity contribution in [1.29, 1.82) is 0 Å². The minimum absolute atomic E-state index is 0.174. The molecule has 7 heteroatoms. The summed E-state index contributed by atoms with van der Waals surface area (Å²) in [6.45, 7) is 13.2. The molecule has 0 aromatic carbocycles. The smallest absolute Gasteiger partial charge is 0.409 e. The van der Waals surface area contributed by atoms with Crippen LogP contribution >= 0.6 is 0 Å². The summed E-state index contributed by atoms with van der Waals surface area (Å²) < 4.78 is 7.02. The monoisotopic (exact) mass is 345 g/mol. The first-order valence-electron chi connectivity index (χ1n) is 9.29. The van der Waals surface area contributed by atoms with Crippen LogP contribution in [0.25, 0.3) is 4.85 Å². The van der Waals surface area contributed by atoms with E-state index >= 15 is 0 Å². The van der Waals surface area contributed by atoms with Crippen molar-refractivity contribution < 1.29 is 9.53 Å². The van der Waals surface area contributed by atoms with E-state index in [4.69, 9.17) is 11.3 Å². The zero-order valence-electron chi connectivity index (χ0n) is 14.9. The van der Waals surface area contributed by atoms with Gasteiger partial charge in [-0.25, -0.2) is 4.79 Å². The maximum atomic E-state index is 11.9. The van der Waals surface area contributed by atoms with Crippen molar-refractivity contribution in [3.8, 4) is 0 Å². The summed E-state index contributed by atoms with van der Waals surface area (Å²) in [4.78, 5) is 19.9. The third kappa shape index (κ3) is 4.13. The van der Waals surface area contributed by atoms with Crippen LogP contribution in [0.1, 0.15) is 45.1 Å². The summed E-state index contributed by atoms with van der Waals surface area (Å²) in [5.41, 5.74) is 0. The zero-order valence-corrected chi connectivity index (χ0v) is 14.9. The molecule has 1 aromatic rings. The Bertz CT molecular complexity index is 615. The highest BCUT2D eigenvalue weighted by molar-refractivity contribution is 5.67. The number of nitrogens with zero attached hydrogens (tertiary/aromatic N) is 5. The van der Waals surface area contributed by atoms with Gasteiger partial charge in [0.25, 0.3) is 5.82 Å². The summed E-state index contributed by atoms with van der Waals surface area (Å²) in [6, 6.07) is 2.66. The van der Waals surface area contributed by atoms with E-state index in [0.29, 0.717) is 24.5 Å². The van der Waals surface area contributed by atoms with Crippen LogP contribution in [0.15, 0.2) is 12.3 Å². The van der Waals surface area contributed by atoms with E-state index in [1.54, 1.807) is 12.3 Å². The van der Waals surface area contributed by atoms with Gasteiger partial charge in [0.05, 0.1) is 12.8 Å². The molecule has 0 bridgehead atoms. The molecule has 1 amide bonds. The second-order valence-corrected chi connectivity index (χ2v) is 6.78. The van der Waals surface area contributed by atoms with E-state index in [1.807, 2.05) is 16.5 Å². The minimum Gasteiger partial charge on any atom is -0.450 e. The predicted molar refractivity (Wildman–Crippen MR) is 94.6 cm³/mol. The zero-order chi connectivity index (χ0) is 17.6. The molecule has 1 unspecified atom stereocenters. The number of hydrogen-bond acceptors (Lipinski definition) is 4. The molecule has 3 rings (SSSR count). The molecule has 2 fully saturated rings. The number of aromatic nitrogens is 2. The molecule has 3 heterocycles. The molecule has 2 saturated heterocycles. The van der Waals surface area contributed by atoms with Crippen molar-refractivity contribution in [2.24, 2.45) is 0 Å². The van der Waals surface area contributed by atoms with Crippen LogP contribution < -0.4 is 0 Å². The third-order valence-electron chi connectivity index (χ3n) is 5.35. The number of piperidine rings is 1. The Hall–Kier alpha value is -2.07. The molecule has 1 atom stereocenters. The average Bonchev–Trinajstić information content (AvgIpc) is 2.98. The maximum absolute atomic E-state index is 11.9. The van der Waals surface area contributed by atoms with Gasteiger partial charge in [0.15, 0.2) is 0 Å². The molecule has 25 heavy (non-hydrogen) atoms. The van der Waals surface area contributed by atoms with Crippen molar-refractivity contribution in [3.05, 3.63) is 23.7 Å². The first kappa shape index (κ1) is 17.7. The van der Waals surface area contributed by atoms with Gasteiger partial charge in [-0.3, -0.25) is 4.90 Å². The second-order valence-electron chi connectivity index (χ2n) is 6.78. The molecule has 2 aliphatic rings. The predicted octanol–water partition coefficient (Wildman–Crippen LogP) is 3.08. The van der Waals surface area contributed by atoms with Crippen molar-refractivity contribution >= 4 is 11.9 Å². The summed E-state index contributed by atoms with van der Waals surface area (Å²) in [6.07, 6.45) is 6.78. The normalized spacial score (nSPS) is 23.0. The standard InChI is InChI=1S/C18H27N5O2/c1-3-25-18(24)22-11-4-5-15(7-14-22)21-12-8-16(9-13-21)23-17(19-2)6-10-20-23/h6,10,15-16H,3-5,7-9,11-14H2,1H3. The Morgan fingerprint density at radius 1 is 1.24 bits per heavy atom. The molecular formula is C18H27N5O2. The Balaban J connectivity index is 1.51. The number of hydrogen-bond donors (Lipinski definition) is 0. The lowest BCUT2D eigenvalue weighted by molar-refractivity contribution is 0.103. The quantitative estimate of drug-likeness (QED) is 0.790. The molecule has 0 aliphatic carbocycles. The summed E-state index contributed by atoms with van der Waals surface area (Å²) in [7, 11) is 0. The number of likely N-dealkylation sites (tertiary alicyclic amines) is 2. The van der Waals surface area contributed by atoms with E-state index in [0.717, 1.165) is 58.3 Å². The molecule has 2 aliphatic heterocycles. The highest BCUT2D eigenvalue weighted by atomic mass is 16.6. The maximum Gasteiger partial charge on any atom is 0.409 e. The minimum atomic E-state index is -0.174. The summed E-state index contributed by atoms with van der Waals surface area (Å²) >= 11 is 0. The summed E-state index contributed by atoms with van der Waals surface area (Å²) in [5.74, 6) is 0.637. The van der Waals surface area contributed by atoms with Gasteiger partial charge in [0.1, 0.15) is 6.04 Å². The van der Waals surface area contributed by atoms with Crippen LogP contribution in [0.2, 0.25) is 0 Å². The number of amides is 1. The topological polar surface area (TPSA) is 55.0 Å². The fourth-order valence-electron chi connectivity index (χ4n) is 4.01. The van der Waals surface area contributed by atoms with Crippen LogP contribution in [0.3, 0.4) is 0 Å². The number of rotatable bonds is 3. The van der Waals surface area contributed by atoms with Crippen LogP contribution in [0, 0.1) is 6.57 Å². The van der Waals surface area contributed by atoms with Crippen molar-refractivity contribution in [2.45, 2.75) is 51.1 Å². The highest BCUT2D eigenvalue weighted by Crippen LogP contribution is 2.29. The lowest BCUT2D eigenvalue weighted by Crippen LogP contribution is -2.42. The Kier molecular flexibility index (Phi) is 5.92. The molecule has 0 saturated carbocycles. The van der Waals surface area contributed by atoms with Crippen LogP contribution in [-0.2, 0) is 4.74 Å². The highest BCUT2D eigenvalue weighted by Gasteiger charge is 2.30. The Morgan fingerprint density at radius 2 is 2.00 bits per heavy atom. The molecule has 1 aromatic heterocycles. The van der Waals surface area contributed by atoms with Gasteiger partial charge in [-0.05, 0) is 32.3 Å². The molecule has 136 valence electrons. The Labute approximate surface area is 149 Å². The van der Waals surface area contributed by atoms with Gasteiger partial charge in [-0.2, -0.15) is 4.68 Å². The lowest BCUT2D eigenvalue weighted by atomic mass is 10.00. The molecular weight excluding hydrogens is 318 g/mol. The molecule has 0 N–H and O–H groups in total. The van der Waals surface area contributed by atoms with Gasteiger partial charge in [-0.1, -0.05) is 6.57 Å². The van der Waals surface area contributed by atoms with E-state index in [2.05, 4.69) is 14.8 Å². The number of ether oxygens (including phenoxy) is 1. The molecule has 7 nitrogen and oxygen atoms in total. The third-order valence-corrected chi connectivity index (χ3v) is 5.35. The lowest BCUT2D eigenvalue weighted by Gasteiger charge is -2.36. The van der Waals surface area contributed by atoms with E-state index < -0.39 is 0 Å². The van der Waals surface area contributed by atoms with Crippen molar-refractivity contribution in [2.75, 3.05) is 32.8 Å². The van der Waals surface area contributed by atoms with Crippen LogP contribution in [0.5, 0.6) is 0 Å². The SMILES string of the molecule is [C-]#[N+]c1ccnn1C1CCN(C2CCCN(C(=O)OCC)CC2)CC1. The van der Waals surface area contributed by atoms with Crippen molar-refractivity contribution in [1.82, 2.24) is 19.6 Å². The van der Waals surface area contributed by atoms with Gasteiger partial charge in [-0.15, -0.1) is 5.10 Å². The second kappa shape index (κ2) is 8.34. The van der Waals surface area contributed by atoms with Gasteiger partial charge in [0.2, 0.25) is 0 Å². The fraction of sp³-hybridized carbons (Fsp3) is 0.722. The van der Waals surface area contributed by atoms with Crippen LogP contribution in [-0.4, -0.2) is 64.5 Å². The number of carbonyl (C=O) groups excluding carboxylic acids is 1. The average molecular weight is 345 g/mol. The molecule has 0 spiro atoms. The van der Waals surface area contributed by atoms with Crippen LogP contribution in [0.4, 0.5) is 10.6 Å². The van der Waals surface area contributed by atoms with Gasteiger partial charge >= 0.3 is 6.09 Å². The van der Waals surface area contributed by atoms with E-state index in [1.165, 1.54) is 0 Å². The first-order chi connectivity index (χ1) is 12.2. The van der Waals surface area contributed by atoms with Crippen molar-refractivity contribution in [3.63, 3.8) is 0 Å². The number of carbonyl (C=O) groups is 1. The summed E-state index contributed by atoms with van der Waals surface area (Å²) in [5, 5.41) is 4.34. The van der Waals surface area contributed by atoms with Gasteiger partial charge in [0, 0.05) is 45.1 Å².